The summed E-state index contributed by atoms with van der Waals surface area (Å²) in [6.07, 6.45) is 0.387. The molecule has 2 aromatic rings. The van der Waals surface area contributed by atoms with Crippen molar-refractivity contribution < 1.29 is 9.59 Å². The molecule has 2 amide bonds. The van der Waals surface area contributed by atoms with E-state index in [4.69, 9.17) is 0 Å². The monoisotopic (exact) mass is 280 g/mol. The minimum absolute atomic E-state index is 0.0276. The number of fused-ring (bicyclic) bond motifs is 1. The highest BCUT2D eigenvalue weighted by Crippen LogP contribution is 2.24. The number of hydrogen-bond donors (Lipinski definition) is 2. The van der Waals surface area contributed by atoms with Gasteiger partial charge in [-0.15, -0.1) is 0 Å². The van der Waals surface area contributed by atoms with Crippen molar-refractivity contribution in [1.82, 2.24) is 5.32 Å². The molecule has 3 rings (SSSR count). The van der Waals surface area contributed by atoms with Gasteiger partial charge in [-0.1, -0.05) is 36.4 Å². The Labute approximate surface area is 123 Å². The molecule has 0 radical (unpaired) electrons. The van der Waals surface area contributed by atoms with Crippen LogP contribution in [0.1, 0.15) is 34.5 Å². The van der Waals surface area contributed by atoms with Crippen molar-refractivity contribution in [1.29, 1.82) is 0 Å². The summed E-state index contributed by atoms with van der Waals surface area (Å²) in [4.78, 5) is 23.6. The molecule has 4 heteroatoms. The number of carbonyl (C=O) groups is 2. The zero-order valence-corrected chi connectivity index (χ0v) is 11.7. The van der Waals surface area contributed by atoms with Crippen molar-refractivity contribution in [3.05, 3.63) is 65.2 Å². The molecule has 0 spiro atoms. The Hall–Kier alpha value is -2.62. The third kappa shape index (κ3) is 2.79. The average Bonchev–Trinajstić information content (AvgIpc) is 2.87. The highest BCUT2D eigenvalue weighted by Gasteiger charge is 2.19. The lowest BCUT2D eigenvalue weighted by Gasteiger charge is -2.14. The van der Waals surface area contributed by atoms with Gasteiger partial charge in [-0.3, -0.25) is 9.59 Å². The fourth-order valence-electron chi connectivity index (χ4n) is 2.46. The standard InChI is InChI=1S/C17H16N2O2/c1-11(12-5-3-2-4-6-12)18-17(21)14-8-7-13-10-16(20)19-15(13)9-14/h2-9,11H,10H2,1H3,(H,18,21)(H,19,20)/t11-/m0/s1. The molecule has 0 aromatic heterocycles. The molecule has 21 heavy (non-hydrogen) atoms. The second-order valence-electron chi connectivity index (χ2n) is 5.20. The lowest BCUT2D eigenvalue weighted by atomic mass is 10.1. The normalized spacial score (nSPS) is 14.2. The van der Waals surface area contributed by atoms with Gasteiger partial charge in [0, 0.05) is 11.3 Å². The van der Waals surface area contributed by atoms with Gasteiger partial charge in [0.15, 0.2) is 0 Å². The van der Waals surface area contributed by atoms with Crippen molar-refractivity contribution in [3.8, 4) is 0 Å². The van der Waals surface area contributed by atoms with E-state index in [9.17, 15) is 9.59 Å². The SMILES string of the molecule is C[C@H](NC(=O)c1ccc2c(c1)NC(=O)C2)c1ccccc1. The van der Waals surface area contributed by atoms with E-state index in [0.717, 1.165) is 16.8 Å². The Balaban J connectivity index is 1.74. The minimum atomic E-state index is -0.143. The predicted octanol–water partition coefficient (Wildman–Crippen LogP) is 2.67. The zero-order valence-electron chi connectivity index (χ0n) is 11.7. The smallest absolute Gasteiger partial charge is 0.251 e. The van der Waals surface area contributed by atoms with Crippen molar-refractivity contribution in [3.63, 3.8) is 0 Å². The number of anilines is 1. The van der Waals surface area contributed by atoms with Crippen LogP contribution in [0.3, 0.4) is 0 Å². The zero-order chi connectivity index (χ0) is 14.8. The number of amides is 2. The molecule has 2 N–H and O–H groups in total. The van der Waals surface area contributed by atoms with Gasteiger partial charge in [0.05, 0.1) is 12.5 Å². The molecule has 106 valence electrons. The van der Waals surface area contributed by atoms with Crippen LogP contribution < -0.4 is 10.6 Å². The topological polar surface area (TPSA) is 58.2 Å². The molecule has 4 nitrogen and oxygen atoms in total. The van der Waals surface area contributed by atoms with Gasteiger partial charge in [0.25, 0.3) is 5.91 Å². The Bertz CT molecular complexity index is 695. The molecule has 2 aromatic carbocycles. The van der Waals surface area contributed by atoms with E-state index in [2.05, 4.69) is 10.6 Å². The van der Waals surface area contributed by atoms with Gasteiger partial charge >= 0.3 is 0 Å². The number of nitrogens with one attached hydrogen (secondary N) is 2. The van der Waals surface area contributed by atoms with E-state index in [1.165, 1.54) is 0 Å². The minimum Gasteiger partial charge on any atom is -0.346 e. The maximum absolute atomic E-state index is 12.3. The van der Waals surface area contributed by atoms with Gasteiger partial charge in [-0.25, -0.2) is 0 Å². The molecule has 0 bridgehead atoms. The predicted molar refractivity (Wildman–Crippen MR) is 81.1 cm³/mol. The summed E-state index contributed by atoms with van der Waals surface area (Å²) in [7, 11) is 0. The molecular formula is C17H16N2O2. The van der Waals surface area contributed by atoms with Crippen LogP contribution in [-0.4, -0.2) is 11.8 Å². The van der Waals surface area contributed by atoms with Gasteiger partial charge < -0.3 is 10.6 Å². The summed E-state index contributed by atoms with van der Waals surface area (Å²) < 4.78 is 0. The second kappa shape index (κ2) is 5.40. The molecule has 0 unspecified atom stereocenters. The third-order valence-electron chi connectivity index (χ3n) is 3.64. The van der Waals surface area contributed by atoms with E-state index in [0.29, 0.717) is 12.0 Å². The third-order valence-corrected chi connectivity index (χ3v) is 3.64. The second-order valence-corrected chi connectivity index (χ2v) is 5.20. The molecular weight excluding hydrogens is 264 g/mol. The van der Waals surface area contributed by atoms with Crippen molar-refractivity contribution >= 4 is 17.5 Å². The lowest BCUT2D eigenvalue weighted by molar-refractivity contribution is -0.115. The van der Waals surface area contributed by atoms with Crippen LogP contribution in [0, 0.1) is 0 Å². The van der Waals surface area contributed by atoms with Gasteiger partial charge in [-0.05, 0) is 30.2 Å². The molecule has 1 aliphatic rings. The van der Waals surface area contributed by atoms with E-state index < -0.39 is 0 Å². The first-order valence-corrected chi connectivity index (χ1v) is 6.92. The lowest BCUT2D eigenvalue weighted by Crippen LogP contribution is -2.26. The maximum atomic E-state index is 12.3. The summed E-state index contributed by atoms with van der Waals surface area (Å²) in [5, 5.41) is 5.72. The van der Waals surface area contributed by atoms with Crippen molar-refractivity contribution in [2.75, 3.05) is 5.32 Å². The van der Waals surface area contributed by atoms with Gasteiger partial charge in [-0.2, -0.15) is 0 Å². The summed E-state index contributed by atoms with van der Waals surface area (Å²) in [5.41, 5.74) is 3.28. The van der Waals surface area contributed by atoms with Crippen LogP contribution in [0.15, 0.2) is 48.5 Å². The number of hydrogen-bond acceptors (Lipinski definition) is 2. The van der Waals surface area contributed by atoms with Crippen molar-refractivity contribution in [2.45, 2.75) is 19.4 Å². The maximum Gasteiger partial charge on any atom is 0.251 e. The summed E-state index contributed by atoms with van der Waals surface area (Å²) in [6.45, 7) is 1.95. The quantitative estimate of drug-likeness (QED) is 0.908. The molecule has 0 saturated heterocycles. The summed E-state index contributed by atoms with van der Waals surface area (Å²) in [5.74, 6) is -0.171. The van der Waals surface area contributed by atoms with Gasteiger partial charge in [0.1, 0.15) is 0 Å². The van der Waals surface area contributed by atoms with Crippen LogP contribution in [0.25, 0.3) is 0 Å². The van der Waals surface area contributed by atoms with E-state index >= 15 is 0 Å². The fourth-order valence-corrected chi connectivity index (χ4v) is 2.46. The molecule has 1 heterocycles. The molecule has 1 aliphatic heterocycles. The van der Waals surface area contributed by atoms with Crippen LogP contribution in [0.2, 0.25) is 0 Å². The Kier molecular flexibility index (Phi) is 3.44. The van der Waals surface area contributed by atoms with Crippen molar-refractivity contribution in [2.24, 2.45) is 0 Å². The van der Waals surface area contributed by atoms with E-state index in [1.807, 2.05) is 43.3 Å². The fraction of sp³-hybridized carbons (Fsp3) is 0.176. The average molecular weight is 280 g/mol. The highest BCUT2D eigenvalue weighted by atomic mass is 16.2. The number of carbonyl (C=O) groups excluding carboxylic acids is 2. The molecule has 0 saturated carbocycles. The first-order chi connectivity index (χ1) is 10.1. The Morgan fingerprint density at radius 2 is 1.95 bits per heavy atom. The molecule has 0 fully saturated rings. The van der Waals surface area contributed by atoms with Crippen LogP contribution in [0.5, 0.6) is 0 Å². The Morgan fingerprint density at radius 3 is 2.71 bits per heavy atom. The summed E-state index contributed by atoms with van der Waals surface area (Å²) in [6, 6.07) is 15.0. The van der Waals surface area contributed by atoms with Crippen LogP contribution in [-0.2, 0) is 11.2 Å². The first kappa shape index (κ1) is 13.4. The first-order valence-electron chi connectivity index (χ1n) is 6.92. The number of rotatable bonds is 3. The van der Waals surface area contributed by atoms with Gasteiger partial charge in [0.2, 0.25) is 5.91 Å². The van der Waals surface area contributed by atoms with E-state index in [1.54, 1.807) is 12.1 Å². The highest BCUT2D eigenvalue weighted by molar-refractivity contribution is 6.02. The molecule has 1 atom stereocenters. The van der Waals surface area contributed by atoms with Crippen LogP contribution in [0.4, 0.5) is 5.69 Å². The van der Waals surface area contributed by atoms with Crippen LogP contribution >= 0.6 is 0 Å². The largest absolute Gasteiger partial charge is 0.346 e. The van der Waals surface area contributed by atoms with E-state index in [-0.39, 0.29) is 17.9 Å². The Morgan fingerprint density at radius 1 is 1.19 bits per heavy atom. The molecule has 0 aliphatic carbocycles. The summed E-state index contributed by atoms with van der Waals surface area (Å²) >= 11 is 0. The number of benzene rings is 2.